The monoisotopic (exact) mass is 248 g/mol. The Kier molecular flexibility index (Phi) is 3.10. The van der Waals surface area contributed by atoms with Gasteiger partial charge >= 0.3 is 5.97 Å². The number of halogens is 2. The van der Waals surface area contributed by atoms with Gasteiger partial charge in [0.05, 0.1) is 5.56 Å². The summed E-state index contributed by atoms with van der Waals surface area (Å²) in [4.78, 5) is 10.8. The molecule has 0 saturated heterocycles. The quantitative estimate of drug-likeness (QED) is 0.880. The highest BCUT2D eigenvalue weighted by atomic mass is 19.1. The van der Waals surface area contributed by atoms with Crippen LogP contribution in [0.3, 0.4) is 0 Å². The lowest BCUT2D eigenvalue weighted by molar-refractivity contribution is 0.0692. The first-order chi connectivity index (χ1) is 8.49. The Labute approximate surface area is 103 Å². The Bertz CT molecular complexity index is 621. The zero-order valence-electron chi connectivity index (χ0n) is 9.58. The zero-order valence-corrected chi connectivity index (χ0v) is 9.58. The topological polar surface area (TPSA) is 37.3 Å². The van der Waals surface area contributed by atoms with Gasteiger partial charge < -0.3 is 5.11 Å². The fraction of sp³-hybridized carbons (Fsp3) is 0.0714. The van der Waals surface area contributed by atoms with E-state index in [0.29, 0.717) is 16.7 Å². The van der Waals surface area contributed by atoms with Gasteiger partial charge in [-0.15, -0.1) is 0 Å². The molecule has 0 aliphatic heterocycles. The van der Waals surface area contributed by atoms with Crippen LogP contribution in [-0.2, 0) is 0 Å². The minimum absolute atomic E-state index is 0.364. The maximum atomic E-state index is 13.3. The first kappa shape index (κ1) is 12.2. The molecule has 0 aliphatic rings. The molecular formula is C14H10F2O2. The number of rotatable bonds is 2. The molecule has 0 aromatic heterocycles. The summed E-state index contributed by atoms with van der Waals surface area (Å²) in [5, 5.41) is 8.85. The number of benzene rings is 2. The molecule has 92 valence electrons. The highest BCUT2D eigenvalue weighted by Gasteiger charge is 2.12. The van der Waals surface area contributed by atoms with Crippen molar-refractivity contribution in [3.63, 3.8) is 0 Å². The third-order valence-electron chi connectivity index (χ3n) is 2.70. The van der Waals surface area contributed by atoms with Crippen LogP contribution in [-0.4, -0.2) is 11.1 Å². The van der Waals surface area contributed by atoms with Crippen LogP contribution in [0, 0.1) is 18.6 Å². The number of hydrogen-bond acceptors (Lipinski definition) is 1. The number of carbonyl (C=O) groups is 1. The molecule has 0 bridgehead atoms. The molecule has 0 heterocycles. The van der Waals surface area contributed by atoms with Crippen LogP contribution >= 0.6 is 0 Å². The number of aryl methyl sites for hydroxylation is 1. The van der Waals surface area contributed by atoms with Crippen molar-refractivity contribution in [2.24, 2.45) is 0 Å². The van der Waals surface area contributed by atoms with E-state index < -0.39 is 17.3 Å². The van der Waals surface area contributed by atoms with Crippen molar-refractivity contribution >= 4 is 5.97 Å². The molecule has 2 nitrogen and oxygen atoms in total. The highest BCUT2D eigenvalue weighted by Crippen LogP contribution is 2.26. The van der Waals surface area contributed by atoms with Gasteiger partial charge in [-0.25, -0.2) is 13.6 Å². The van der Waals surface area contributed by atoms with Crippen molar-refractivity contribution in [3.8, 4) is 11.1 Å². The number of hydrogen-bond donors (Lipinski definition) is 1. The summed E-state index contributed by atoms with van der Waals surface area (Å²) in [5.74, 6) is -2.48. The van der Waals surface area contributed by atoms with E-state index in [1.807, 2.05) is 0 Å². The molecular weight excluding hydrogens is 238 g/mol. The summed E-state index contributed by atoms with van der Waals surface area (Å²) in [6.45, 7) is 1.71. The maximum Gasteiger partial charge on any atom is 0.338 e. The average molecular weight is 248 g/mol. The SMILES string of the molecule is Cc1cc(F)ccc1-c1ccc(F)c(C(=O)O)c1. The minimum atomic E-state index is -1.32. The van der Waals surface area contributed by atoms with Crippen molar-refractivity contribution < 1.29 is 18.7 Å². The second-order valence-electron chi connectivity index (χ2n) is 3.96. The molecule has 0 radical (unpaired) electrons. The van der Waals surface area contributed by atoms with Crippen LogP contribution in [0.25, 0.3) is 11.1 Å². The van der Waals surface area contributed by atoms with E-state index in [-0.39, 0.29) is 5.82 Å². The van der Waals surface area contributed by atoms with Crippen molar-refractivity contribution in [2.75, 3.05) is 0 Å². The van der Waals surface area contributed by atoms with Crippen LogP contribution in [0.5, 0.6) is 0 Å². The van der Waals surface area contributed by atoms with E-state index in [2.05, 4.69) is 0 Å². The Hall–Kier alpha value is -2.23. The van der Waals surface area contributed by atoms with Gasteiger partial charge in [-0.2, -0.15) is 0 Å². The molecule has 0 aliphatic carbocycles. The Morgan fingerprint density at radius 2 is 1.83 bits per heavy atom. The molecule has 4 heteroatoms. The Morgan fingerprint density at radius 1 is 1.11 bits per heavy atom. The minimum Gasteiger partial charge on any atom is -0.478 e. The van der Waals surface area contributed by atoms with Gasteiger partial charge in [0, 0.05) is 0 Å². The van der Waals surface area contributed by atoms with Gasteiger partial charge in [-0.3, -0.25) is 0 Å². The Balaban J connectivity index is 2.58. The molecule has 2 aromatic carbocycles. The van der Waals surface area contributed by atoms with E-state index in [0.717, 1.165) is 6.07 Å². The molecule has 2 aromatic rings. The van der Waals surface area contributed by atoms with Gasteiger partial charge in [-0.1, -0.05) is 12.1 Å². The fourth-order valence-corrected chi connectivity index (χ4v) is 1.81. The third-order valence-corrected chi connectivity index (χ3v) is 2.70. The summed E-state index contributed by atoms with van der Waals surface area (Å²) in [5.41, 5.74) is 1.50. The standard InChI is InChI=1S/C14H10F2O2/c1-8-6-10(15)3-4-11(8)9-2-5-13(16)12(7-9)14(17)18/h2-7H,1H3,(H,17,18). The second-order valence-corrected chi connectivity index (χ2v) is 3.96. The first-order valence-electron chi connectivity index (χ1n) is 5.28. The normalized spacial score (nSPS) is 10.4. The summed E-state index contributed by atoms with van der Waals surface area (Å²) < 4.78 is 26.2. The molecule has 0 unspecified atom stereocenters. The molecule has 0 fully saturated rings. The zero-order chi connectivity index (χ0) is 13.3. The van der Waals surface area contributed by atoms with E-state index in [9.17, 15) is 13.6 Å². The highest BCUT2D eigenvalue weighted by molar-refractivity contribution is 5.90. The third kappa shape index (κ3) is 2.22. The van der Waals surface area contributed by atoms with Crippen molar-refractivity contribution in [1.82, 2.24) is 0 Å². The van der Waals surface area contributed by atoms with Gasteiger partial charge in [0.1, 0.15) is 11.6 Å². The van der Waals surface area contributed by atoms with E-state index >= 15 is 0 Å². The molecule has 1 N–H and O–H groups in total. The van der Waals surface area contributed by atoms with Gasteiger partial charge in [-0.05, 0) is 47.9 Å². The predicted molar refractivity (Wildman–Crippen MR) is 63.5 cm³/mol. The van der Waals surface area contributed by atoms with Crippen molar-refractivity contribution in [2.45, 2.75) is 6.92 Å². The lowest BCUT2D eigenvalue weighted by Gasteiger charge is -2.07. The predicted octanol–water partition coefficient (Wildman–Crippen LogP) is 3.64. The number of aromatic carboxylic acids is 1. The van der Waals surface area contributed by atoms with Crippen molar-refractivity contribution in [3.05, 3.63) is 59.2 Å². The summed E-state index contributed by atoms with van der Waals surface area (Å²) in [6, 6.07) is 8.00. The summed E-state index contributed by atoms with van der Waals surface area (Å²) >= 11 is 0. The van der Waals surface area contributed by atoms with Gasteiger partial charge in [0.15, 0.2) is 0 Å². The van der Waals surface area contributed by atoms with Crippen LogP contribution in [0.4, 0.5) is 8.78 Å². The fourth-order valence-electron chi connectivity index (χ4n) is 1.81. The smallest absolute Gasteiger partial charge is 0.338 e. The van der Waals surface area contributed by atoms with E-state index in [1.165, 1.54) is 24.3 Å². The molecule has 0 saturated carbocycles. The van der Waals surface area contributed by atoms with Crippen LogP contribution in [0.2, 0.25) is 0 Å². The lowest BCUT2D eigenvalue weighted by Crippen LogP contribution is -2.00. The van der Waals surface area contributed by atoms with Gasteiger partial charge in [0.2, 0.25) is 0 Å². The Morgan fingerprint density at radius 3 is 2.44 bits per heavy atom. The van der Waals surface area contributed by atoms with Crippen LogP contribution in [0.15, 0.2) is 36.4 Å². The maximum absolute atomic E-state index is 13.3. The largest absolute Gasteiger partial charge is 0.478 e. The lowest BCUT2D eigenvalue weighted by atomic mass is 9.98. The number of carboxylic acid groups (broad SMARTS) is 1. The van der Waals surface area contributed by atoms with Crippen LogP contribution in [0.1, 0.15) is 15.9 Å². The number of carboxylic acids is 1. The summed E-state index contributed by atoms with van der Waals surface area (Å²) in [6.07, 6.45) is 0. The average Bonchev–Trinajstić information content (AvgIpc) is 2.30. The van der Waals surface area contributed by atoms with E-state index in [1.54, 1.807) is 13.0 Å². The molecule has 0 spiro atoms. The molecule has 18 heavy (non-hydrogen) atoms. The van der Waals surface area contributed by atoms with Gasteiger partial charge in [0.25, 0.3) is 0 Å². The van der Waals surface area contributed by atoms with Crippen molar-refractivity contribution in [1.29, 1.82) is 0 Å². The molecule has 2 rings (SSSR count). The van der Waals surface area contributed by atoms with Crippen LogP contribution < -0.4 is 0 Å². The first-order valence-corrected chi connectivity index (χ1v) is 5.28. The molecule has 0 atom stereocenters. The second kappa shape index (κ2) is 4.56. The summed E-state index contributed by atoms with van der Waals surface area (Å²) in [7, 11) is 0. The molecule has 0 amide bonds. The van der Waals surface area contributed by atoms with E-state index in [4.69, 9.17) is 5.11 Å².